The third-order valence-electron chi connectivity index (χ3n) is 3.84. The van der Waals surface area contributed by atoms with Crippen LogP contribution in [0.1, 0.15) is 17.5 Å². The van der Waals surface area contributed by atoms with Crippen LogP contribution in [-0.2, 0) is 10.0 Å². The maximum absolute atomic E-state index is 12.2. The second-order valence-electron chi connectivity index (χ2n) is 5.51. The lowest BCUT2D eigenvalue weighted by molar-refractivity contribution is 0.394. The van der Waals surface area contributed by atoms with E-state index in [2.05, 4.69) is 16.7 Å². The number of benzene rings is 1. The van der Waals surface area contributed by atoms with Gasteiger partial charge in [0.15, 0.2) is 0 Å². The molecule has 1 aromatic carbocycles. The van der Waals surface area contributed by atoms with Crippen molar-refractivity contribution in [1.29, 1.82) is 0 Å². The fourth-order valence-corrected chi connectivity index (χ4v) is 3.59. The van der Waals surface area contributed by atoms with E-state index >= 15 is 0 Å². The van der Waals surface area contributed by atoms with Crippen molar-refractivity contribution in [1.82, 2.24) is 9.62 Å². The minimum atomic E-state index is -3.37. The molecular weight excluding hydrogens is 260 g/mol. The molecule has 0 radical (unpaired) electrons. The third-order valence-corrected chi connectivity index (χ3v) is 5.26. The highest BCUT2D eigenvalue weighted by atomic mass is 32.2. The lowest BCUT2D eigenvalue weighted by Crippen LogP contribution is -2.30. The van der Waals surface area contributed by atoms with E-state index in [-0.39, 0.29) is 0 Å². The first-order valence-electron chi connectivity index (χ1n) is 6.64. The van der Waals surface area contributed by atoms with Gasteiger partial charge in [-0.1, -0.05) is 6.07 Å². The molecule has 1 aliphatic heterocycles. The molecule has 0 bridgehead atoms. The number of nitrogens with zero attached hydrogens (tertiary/aromatic N) is 1. The molecule has 5 heteroatoms. The van der Waals surface area contributed by atoms with Crippen LogP contribution < -0.4 is 4.72 Å². The Morgan fingerprint density at radius 3 is 2.63 bits per heavy atom. The Labute approximate surface area is 115 Å². The fourth-order valence-electron chi connectivity index (χ4n) is 2.38. The number of aryl methyl sites for hydroxylation is 2. The summed E-state index contributed by atoms with van der Waals surface area (Å²) in [4.78, 5) is 2.59. The van der Waals surface area contributed by atoms with Crippen molar-refractivity contribution in [2.45, 2.75) is 25.2 Å². The Morgan fingerprint density at radius 2 is 2.05 bits per heavy atom. The van der Waals surface area contributed by atoms with Gasteiger partial charge in [0.2, 0.25) is 10.0 Å². The van der Waals surface area contributed by atoms with Crippen LogP contribution in [0.2, 0.25) is 0 Å². The molecule has 0 aromatic heterocycles. The molecule has 1 saturated heterocycles. The number of nitrogens with one attached hydrogen (secondary N) is 1. The van der Waals surface area contributed by atoms with Gasteiger partial charge < -0.3 is 4.90 Å². The predicted octanol–water partition coefficient (Wildman–Crippen LogP) is 1.53. The summed E-state index contributed by atoms with van der Waals surface area (Å²) in [5.74, 6) is 0.423. The molecule has 1 heterocycles. The van der Waals surface area contributed by atoms with Crippen LogP contribution >= 0.6 is 0 Å². The average molecular weight is 282 g/mol. The summed E-state index contributed by atoms with van der Waals surface area (Å²) in [6, 6.07) is 5.26. The largest absolute Gasteiger partial charge is 0.306 e. The summed E-state index contributed by atoms with van der Waals surface area (Å²) in [5, 5.41) is 0. The number of hydrogen-bond donors (Lipinski definition) is 1. The van der Waals surface area contributed by atoms with Crippen molar-refractivity contribution in [3.8, 4) is 0 Å². The number of rotatable bonds is 4. The topological polar surface area (TPSA) is 49.4 Å². The number of hydrogen-bond acceptors (Lipinski definition) is 3. The Hall–Kier alpha value is -0.910. The first-order valence-corrected chi connectivity index (χ1v) is 8.12. The van der Waals surface area contributed by atoms with Crippen LogP contribution in [0.15, 0.2) is 23.1 Å². The van der Waals surface area contributed by atoms with Gasteiger partial charge in [-0.2, -0.15) is 0 Å². The predicted molar refractivity (Wildman–Crippen MR) is 76.7 cm³/mol. The SMILES string of the molecule is Cc1ccc(S(=O)(=O)NCC2CCN(C)C2)cc1C. The summed E-state index contributed by atoms with van der Waals surface area (Å²) in [5.41, 5.74) is 2.11. The molecule has 0 aliphatic carbocycles. The highest BCUT2D eigenvalue weighted by Crippen LogP contribution is 2.17. The Kier molecular flexibility index (Phi) is 4.28. The van der Waals surface area contributed by atoms with Crippen LogP contribution in [0.25, 0.3) is 0 Å². The van der Waals surface area contributed by atoms with Crippen molar-refractivity contribution in [3.05, 3.63) is 29.3 Å². The van der Waals surface area contributed by atoms with Gasteiger partial charge in [0.1, 0.15) is 0 Å². The van der Waals surface area contributed by atoms with Crippen LogP contribution in [-0.4, -0.2) is 40.0 Å². The zero-order valence-corrected chi connectivity index (χ0v) is 12.6. The van der Waals surface area contributed by atoms with E-state index in [0.29, 0.717) is 17.4 Å². The van der Waals surface area contributed by atoms with Crippen molar-refractivity contribution in [3.63, 3.8) is 0 Å². The molecular formula is C14H22N2O2S. The molecule has 0 saturated carbocycles. The van der Waals surface area contributed by atoms with Gasteiger partial charge in [-0.15, -0.1) is 0 Å². The molecule has 1 aliphatic rings. The van der Waals surface area contributed by atoms with E-state index < -0.39 is 10.0 Å². The second-order valence-corrected chi connectivity index (χ2v) is 7.28. The maximum Gasteiger partial charge on any atom is 0.240 e. The van der Waals surface area contributed by atoms with Gasteiger partial charge in [-0.05, 0) is 63.0 Å². The van der Waals surface area contributed by atoms with Crippen LogP contribution in [0.5, 0.6) is 0 Å². The third kappa shape index (κ3) is 3.55. The van der Waals surface area contributed by atoms with Crippen molar-refractivity contribution in [2.24, 2.45) is 5.92 Å². The van der Waals surface area contributed by atoms with Crippen molar-refractivity contribution >= 4 is 10.0 Å². The minimum absolute atomic E-state index is 0.363. The standard InChI is InChI=1S/C14H22N2O2S/c1-11-4-5-14(8-12(11)2)19(17,18)15-9-13-6-7-16(3)10-13/h4-5,8,13,15H,6-7,9-10H2,1-3H3. The second kappa shape index (κ2) is 5.61. The molecule has 0 amide bonds. The lowest BCUT2D eigenvalue weighted by Gasteiger charge is -2.13. The average Bonchev–Trinajstić information content (AvgIpc) is 2.76. The van der Waals surface area contributed by atoms with Crippen LogP contribution in [0, 0.1) is 19.8 Å². The lowest BCUT2D eigenvalue weighted by atomic mass is 10.1. The molecule has 4 nitrogen and oxygen atoms in total. The molecule has 1 N–H and O–H groups in total. The van der Waals surface area contributed by atoms with Gasteiger partial charge in [0.05, 0.1) is 4.90 Å². The Morgan fingerprint density at radius 1 is 1.32 bits per heavy atom. The number of sulfonamides is 1. The molecule has 19 heavy (non-hydrogen) atoms. The smallest absolute Gasteiger partial charge is 0.240 e. The van der Waals surface area contributed by atoms with Gasteiger partial charge >= 0.3 is 0 Å². The Bertz CT molecular complexity index is 555. The normalized spacial score (nSPS) is 20.9. The summed E-state index contributed by atoms with van der Waals surface area (Å²) in [6.45, 7) is 6.46. The minimum Gasteiger partial charge on any atom is -0.306 e. The zero-order chi connectivity index (χ0) is 14.0. The van der Waals surface area contributed by atoms with E-state index in [4.69, 9.17) is 0 Å². The highest BCUT2D eigenvalue weighted by Gasteiger charge is 2.22. The highest BCUT2D eigenvalue weighted by molar-refractivity contribution is 7.89. The van der Waals surface area contributed by atoms with E-state index in [1.807, 2.05) is 19.9 Å². The van der Waals surface area contributed by atoms with E-state index in [9.17, 15) is 8.42 Å². The molecule has 1 fully saturated rings. The summed E-state index contributed by atoms with van der Waals surface area (Å²) >= 11 is 0. The van der Waals surface area contributed by atoms with E-state index in [1.165, 1.54) is 0 Å². The maximum atomic E-state index is 12.2. The first kappa shape index (κ1) is 14.5. The van der Waals surface area contributed by atoms with Crippen molar-refractivity contribution < 1.29 is 8.42 Å². The molecule has 2 rings (SSSR count). The fraction of sp³-hybridized carbons (Fsp3) is 0.571. The molecule has 1 unspecified atom stereocenters. The molecule has 106 valence electrons. The van der Waals surface area contributed by atoms with E-state index in [0.717, 1.165) is 30.6 Å². The first-order chi connectivity index (χ1) is 8.88. The van der Waals surface area contributed by atoms with Crippen molar-refractivity contribution in [2.75, 3.05) is 26.7 Å². The van der Waals surface area contributed by atoms with Gasteiger partial charge in [-0.3, -0.25) is 0 Å². The quantitative estimate of drug-likeness (QED) is 0.911. The number of likely N-dealkylation sites (tertiary alicyclic amines) is 1. The molecule has 0 spiro atoms. The summed E-state index contributed by atoms with van der Waals surface area (Å²) < 4.78 is 27.1. The zero-order valence-electron chi connectivity index (χ0n) is 11.8. The molecule has 1 aromatic rings. The van der Waals surface area contributed by atoms with Crippen LogP contribution in [0.4, 0.5) is 0 Å². The summed E-state index contributed by atoms with van der Waals surface area (Å²) in [7, 11) is -1.31. The van der Waals surface area contributed by atoms with E-state index in [1.54, 1.807) is 12.1 Å². The molecule has 1 atom stereocenters. The monoisotopic (exact) mass is 282 g/mol. The van der Waals surface area contributed by atoms with Crippen LogP contribution in [0.3, 0.4) is 0 Å². The van der Waals surface area contributed by atoms with Gasteiger partial charge in [-0.25, -0.2) is 13.1 Å². The Balaban J connectivity index is 2.03. The van der Waals surface area contributed by atoms with Gasteiger partial charge in [0, 0.05) is 13.1 Å². The van der Waals surface area contributed by atoms with Gasteiger partial charge in [0.25, 0.3) is 0 Å². The summed E-state index contributed by atoms with van der Waals surface area (Å²) in [6.07, 6.45) is 1.06.